The third-order valence-corrected chi connectivity index (χ3v) is 3.47. The van der Waals surface area contributed by atoms with Crippen molar-refractivity contribution in [1.82, 2.24) is 9.97 Å². The zero-order chi connectivity index (χ0) is 9.54. The fraction of sp³-hybridized carbons (Fsp3) is 0.0909. The van der Waals surface area contributed by atoms with Gasteiger partial charge in [0.1, 0.15) is 11.2 Å². The van der Waals surface area contributed by atoms with Gasteiger partial charge in [-0.3, -0.25) is 0 Å². The van der Waals surface area contributed by atoms with Gasteiger partial charge in [0.25, 0.3) is 0 Å². The van der Waals surface area contributed by atoms with Gasteiger partial charge in [0.15, 0.2) is 0 Å². The van der Waals surface area contributed by atoms with Gasteiger partial charge >= 0.3 is 0 Å². The van der Waals surface area contributed by atoms with Crippen molar-refractivity contribution >= 4 is 31.6 Å². The number of benzene rings is 1. The molecule has 0 atom stereocenters. The lowest BCUT2D eigenvalue weighted by atomic mass is 10.1. The first-order valence-electron chi connectivity index (χ1n) is 4.44. The summed E-state index contributed by atoms with van der Waals surface area (Å²) in [5.41, 5.74) is 1.29. The number of fused-ring (bicyclic) bond motifs is 3. The van der Waals surface area contributed by atoms with Crippen LogP contribution in [0.25, 0.3) is 20.3 Å². The van der Waals surface area contributed by atoms with Gasteiger partial charge in [-0.15, -0.1) is 11.3 Å². The molecule has 3 heteroatoms. The molecule has 0 N–H and O–H groups in total. The number of rotatable bonds is 0. The molecule has 2 nitrogen and oxygen atoms in total. The van der Waals surface area contributed by atoms with Crippen LogP contribution in [0.5, 0.6) is 0 Å². The molecule has 1 aromatic carbocycles. The van der Waals surface area contributed by atoms with Crippen LogP contribution in [0.1, 0.15) is 5.56 Å². The summed E-state index contributed by atoms with van der Waals surface area (Å²) in [5.74, 6) is 0. The van der Waals surface area contributed by atoms with E-state index < -0.39 is 0 Å². The number of hydrogen-bond donors (Lipinski definition) is 0. The van der Waals surface area contributed by atoms with E-state index in [9.17, 15) is 0 Å². The molecular weight excluding hydrogens is 192 g/mol. The molecule has 3 aromatic rings. The summed E-state index contributed by atoms with van der Waals surface area (Å²) in [5, 5.41) is 2.47. The largest absolute Gasteiger partial charge is 0.244 e. The second-order valence-electron chi connectivity index (χ2n) is 3.29. The molecule has 0 aliphatic heterocycles. The lowest BCUT2D eigenvalue weighted by Crippen LogP contribution is -1.76. The Morgan fingerprint density at radius 2 is 2.21 bits per heavy atom. The fourth-order valence-electron chi connectivity index (χ4n) is 1.75. The second-order valence-corrected chi connectivity index (χ2v) is 4.32. The van der Waals surface area contributed by atoms with E-state index in [4.69, 9.17) is 0 Å². The van der Waals surface area contributed by atoms with Crippen molar-refractivity contribution in [1.29, 1.82) is 0 Å². The third kappa shape index (κ3) is 0.960. The highest BCUT2D eigenvalue weighted by Crippen LogP contribution is 2.33. The van der Waals surface area contributed by atoms with Gasteiger partial charge in [0.2, 0.25) is 0 Å². The van der Waals surface area contributed by atoms with Gasteiger partial charge in [-0.2, -0.15) is 0 Å². The Bertz CT molecular complexity index is 613. The van der Waals surface area contributed by atoms with Crippen LogP contribution in [0, 0.1) is 6.92 Å². The van der Waals surface area contributed by atoms with Gasteiger partial charge in [-0.1, -0.05) is 12.1 Å². The average Bonchev–Trinajstić information content (AvgIpc) is 2.57. The SMILES string of the molecule is Cc1cccc2sc3ncncc3c12. The smallest absolute Gasteiger partial charge is 0.127 e. The minimum absolute atomic E-state index is 1.07. The van der Waals surface area contributed by atoms with E-state index in [0.717, 1.165) is 4.83 Å². The molecule has 0 fully saturated rings. The van der Waals surface area contributed by atoms with Crippen molar-refractivity contribution < 1.29 is 0 Å². The zero-order valence-electron chi connectivity index (χ0n) is 7.69. The van der Waals surface area contributed by atoms with E-state index in [1.165, 1.54) is 21.0 Å². The first kappa shape index (κ1) is 7.88. The molecule has 0 aliphatic carbocycles. The van der Waals surface area contributed by atoms with Crippen molar-refractivity contribution in [2.75, 3.05) is 0 Å². The molecule has 14 heavy (non-hydrogen) atoms. The van der Waals surface area contributed by atoms with Gasteiger partial charge in [0, 0.05) is 21.7 Å². The molecule has 3 rings (SSSR count). The van der Waals surface area contributed by atoms with Gasteiger partial charge in [-0.25, -0.2) is 9.97 Å². The predicted molar refractivity (Wildman–Crippen MR) is 59.7 cm³/mol. The van der Waals surface area contributed by atoms with E-state index in [2.05, 4.69) is 35.1 Å². The maximum absolute atomic E-state index is 4.27. The Morgan fingerprint density at radius 1 is 1.29 bits per heavy atom. The van der Waals surface area contributed by atoms with Gasteiger partial charge in [0.05, 0.1) is 0 Å². The highest BCUT2D eigenvalue weighted by atomic mass is 32.1. The van der Waals surface area contributed by atoms with Crippen LogP contribution in [0.3, 0.4) is 0 Å². The second kappa shape index (κ2) is 2.75. The molecule has 2 heterocycles. The van der Waals surface area contributed by atoms with Crippen LogP contribution < -0.4 is 0 Å². The van der Waals surface area contributed by atoms with Crippen molar-refractivity contribution in [3.05, 3.63) is 36.3 Å². The Balaban J connectivity index is 2.65. The van der Waals surface area contributed by atoms with Crippen LogP contribution in [0.15, 0.2) is 30.7 Å². The summed E-state index contributed by atoms with van der Waals surface area (Å²) in [4.78, 5) is 9.41. The standard InChI is InChI=1S/C11H8N2S/c1-7-3-2-4-9-10(7)8-5-12-6-13-11(8)14-9/h2-6H,1H3. The minimum atomic E-state index is 1.07. The maximum atomic E-state index is 4.27. The first-order chi connectivity index (χ1) is 6.86. The highest BCUT2D eigenvalue weighted by Gasteiger charge is 2.06. The fourth-order valence-corrected chi connectivity index (χ4v) is 2.84. The lowest BCUT2D eigenvalue weighted by molar-refractivity contribution is 1.24. The molecule has 0 spiro atoms. The van der Waals surface area contributed by atoms with E-state index in [-0.39, 0.29) is 0 Å². The number of thiophene rings is 1. The Hall–Kier alpha value is -1.48. The summed E-state index contributed by atoms with van der Waals surface area (Å²) in [6.45, 7) is 2.13. The molecule has 0 unspecified atom stereocenters. The third-order valence-electron chi connectivity index (χ3n) is 2.39. The van der Waals surface area contributed by atoms with E-state index >= 15 is 0 Å². The Morgan fingerprint density at radius 3 is 3.14 bits per heavy atom. The molecule has 68 valence electrons. The summed E-state index contributed by atoms with van der Waals surface area (Å²) < 4.78 is 1.29. The molecule has 0 aliphatic rings. The van der Waals surface area contributed by atoms with E-state index in [1.54, 1.807) is 17.7 Å². The van der Waals surface area contributed by atoms with Crippen molar-refractivity contribution in [2.24, 2.45) is 0 Å². The first-order valence-corrected chi connectivity index (χ1v) is 5.26. The maximum Gasteiger partial charge on any atom is 0.127 e. The predicted octanol–water partition coefficient (Wildman–Crippen LogP) is 3.15. The summed E-state index contributed by atoms with van der Waals surface area (Å²) in [6.07, 6.45) is 3.50. The van der Waals surface area contributed by atoms with Crippen molar-refractivity contribution in [3.8, 4) is 0 Å². The number of hydrogen-bond acceptors (Lipinski definition) is 3. The van der Waals surface area contributed by atoms with Gasteiger partial charge in [-0.05, 0) is 18.6 Å². The van der Waals surface area contributed by atoms with E-state index in [1.807, 2.05) is 6.20 Å². The number of nitrogens with zero attached hydrogens (tertiary/aromatic N) is 2. The van der Waals surface area contributed by atoms with Crippen LogP contribution in [0.4, 0.5) is 0 Å². The zero-order valence-corrected chi connectivity index (χ0v) is 8.51. The van der Waals surface area contributed by atoms with Crippen LogP contribution in [-0.4, -0.2) is 9.97 Å². The van der Waals surface area contributed by atoms with Crippen LogP contribution in [-0.2, 0) is 0 Å². The highest BCUT2D eigenvalue weighted by molar-refractivity contribution is 7.25. The molecule has 0 radical (unpaired) electrons. The molecular formula is C11H8N2S. The summed E-state index contributed by atoms with van der Waals surface area (Å²) in [7, 11) is 0. The summed E-state index contributed by atoms with van der Waals surface area (Å²) >= 11 is 1.72. The quantitative estimate of drug-likeness (QED) is 0.557. The average molecular weight is 200 g/mol. The molecule has 0 bridgehead atoms. The van der Waals surface area contributed by atoms with Crippen LogP contribution >= 0.6 is 11.3 Å². The van der Waals surface area contributed by atoms with Crippen molar-refractivity contribution in [2.45, 2.75) is 6.92 Å². The van der Waals surface area contributed by atoms with Crippen LogP contribution in [0.2, 0.25) is 0 Å². The minimum Gasteiger partial charge on any atom is -0.244 e. The van der Waals surface area contributed by atoms with Gasteiger partial charge < -0.3 is 0 Å². The molecule has 0 amide bonds. The number of aryl methyl sites for hydroxylation is 1. The van der Waals surface area contributed by atoms with Crippen molar-refractivity contribution in [3.63, 3.8) is 0 Å². The lowest BCUT2D eigenvalue weighted by Gasteiger charge is -1.94. The molecule has 0 saturated heterocycles. The summed E-state index contributed by atoms with van der Waals surface area (Å²) in [6, 6.07) is 6.34. The molecule has 0 saturated carbocycles. The Labute approximate surface area is 85.2 Å². The normalized spacial score (nSPS) is 11.2. The monoisotopic (exact) mass is 200 g/mol. The van der Waals surface area contributed by atoms with E-state index in [0.29, 0.717) is 0 Å². The number of aromatic nitrogens is 2. The molecule has 2 aromatic heterocycles. The Kier molecular flexibility index (Phi) is 1.55. The topological polar surface area (TPSA) is 25.8 Å².